The predicted molar refractivity (Wildman–Crippen MR) is 90.8 cm³/mol. The van der Waals surface area contributed by atoms with Gasteiger partial charge in [-0.05, 0) is 44.9 Å². The molecule has 114 valence electrons. The Morgan fingerprint density at radius 3 is 2.40 bits per heavy atom. The fourth-order valence-corrected chi connectivity index (χ4v) is 2.57. The van der Waals surface area contributed by atoms with Crippen LogP contribution < -0.4 is 10.2 Å². The Morgan fingerprint density at radius 2 is 1.75 bits per heavy atom. The summed E-state index contributed by atoms with van der Waals surface area (Å²) in [5, 5.41) is 3.47. The second kappa shape index (κ2) is 9.02. The van der Waals surface area contributed by atoms with Crippen molar-refractivity contribution in [2.45, 2.75) is 59.4 Å². The van der Waals surface area contributed by atoms with Gasteiger partial charge in [-0.3, -0.25) is 0 Å². The summed E-state index contributed by atoms with van der Waals surface area (Å²) in [6.07, 6.45) is 5.24. The smallest absolute Gasteiger partial charge is 0.0393 e. The largest absolute Gasteiger partial charge is 0.374 e. The van der Waals surface area contributed by atoms with E-state index in [-0.39, 0.29) is 0 Å². The van der Waals surface area contributed by atoms with E-state index >= 15 is 0 Å². The molecule has 0 spiro atoms. The van der Waals surface area contributed by atoms with Crippen LogP contribution in [0, 0.1) is 13.8 Å². The second-order valence-electron chi connectivity index (χ2n) is 6.23. The molecule has 1 aromatic rings. The molecule has 20 heavy (non-hydrogen) atoms. The summed E-state index contributed by atoms with van der Waals surface area (Å²) < 4.78 is 0. The minimum Gasteiger partial charge on any atom is -0.374 e. The highest BCUT2D eigenvalue weighted by Crippen LogP contribution is 2.20. The van der Waals surface area contributed by atoms with Crippen LogP contribution in [0.4, 0.5) is 5.69 Å². The maximum atomic E-state index is 3.47. The Hall–Kier alpha value is -1.02. The first-order chi connectivity index (χ1) is 9.50. The zero-order valence-electron chi connectivity index (χ0n) is 14.0. The van der Waals surface area contributed by atoms with E-state index in [4.69, 9.17) is 0 Å². The number of nitrogens with one attached hydrogen (secondary N) is 1. The number of nitrogens with zero attached hydrogens (tertiary/aromatic N) is 1. The number of aryl methyl sites for hydroxylation is 2. The van der Waals surface area contributed by atoms with E-state index in [1.165, 1.54) is 42.5 Å². The first kappa shape index (κ1) is 17.0. The summed E-state index contributed by atoms with van der Waals surface area (Å²) in [4.78, 5) is 2.39. The number of hydrogen-bond donors (Lipinski definition) is 1. The summed E-state index contributed by atoms with van der Waals surface area (Å²) in [6, 6.07) is 7.34. The average Bonchev–Trinajstić information content (AvgIpc) is 2.37. The molecule has 0 saturated heterocycles. The highest BCUT2D eigenvalue weighted by Gasteiger charge is 2.04. The molecule has 1 rings (SSSR count). The average molecular weight is 276 g/mol. The minimum absolute atomic E-state index is 0.616. The van der Waals surface area contributed by atoms with Gasteiger partial charge in [-0.1, -0.05) is 44.4 Å². The Bertz CT molecular complexity index is 385. The van der Waals surface area contributed by atoms with Crippen molar-refractivity contribution in [2.24, 2.45) is 0 Å². The Balaban J connectivity index is 2.18. The minimum atomic E-state index is 0.616. The van der Waals surface area contributed by atoms with E-state index in [1.807, 2.05) is 0 Å². The van der Waals surface area contributed by atoms with Gasteiger partial charge in [0, 0.05) is 25.3 Å². The predicted octanol–water partition coefficient (Wildman–Crippen LogP) is 4.30. The van der Waals surface area contributed by atoms with Gasteiger partial charge in [0.25, 0.3) is 0 Å². The first-order valence-electron chi connectivity index (χ1n) is 8.02. The zero-order valence-corrected chi connectivity index (χ0v) is 14.0. The lowest BCUT2D eigenvalue weighted by Gasteiger charge is -2.21. The van der Waals surface area contributed by atoms with Crippen LogP contribution in [0.1, 0.15) is 50.7 Å². The summed E-state index contributed by atoms with van der Waals surface area (Å²) in [7, 11) is 2.21. The van der Waals surface area contributed by atoms with Gasteiger partial charge in [-0.15, -0.1) is 0 Å². The number of benzene rings is 1. The van der Waals surface area contributed by atoms with Gasteiger partial charge < -0.3 is 10.2 Å². The lowest BCUT2D eigenvalue weighted by atomic mass is 10.1. The van der Waals surface area contributed by atoms with Crippen molar-refractivity contribution in [3.05, 3.63) is 29.3 Å². The molecule has 0 saturated carbocycles. The topological polar surface area (TPSA) is 15.3 Å². The van der Waals surface area contributed by atoms with Crippen LogP contribution in [0.2, 0.25) is 0 Å². The Kier molecular flexibility index (Phi) is 7.68. The fourth-order valence-electron chi connectivity index (χ4n) is 2.57. The van der Waals surface area contributed by atoms with Crippen LogP contribution in [0.3, 0.4) is 0 Å². The van der Waals surface area contributed by atoms with Gasteiger partial charge >= 0.3 is 0 Å². The summed E-state index contributed by atoms with van der Waals surface area (Å²) in [5.74, 6) is 0. The molecule has 0 amide bonds. The number of anilines is 1. The molecule has 0 heterocycles. The zero-order chi connectivity index (χ0) is 15.0. The highest BCUT2D eigenvalue weighted by molar-refractivity contribution is 5.53. The van der Waals surface area contributed by atoms with Gasteiger partial charge in [-0.2, -0.15) is 0 Å². The van der Waals surface area contributed by atoms with Crippen LogP contribution in [0.15, 0.2) is 18.2 Å². The quantitative estimate of drug-likeness (QED) is 0.677. The van der Waals surface area contributed by atoms with Crippen LogP contribution in [0.25, 0.3) is 0 Å². The van der Waals surface area contributed by atoms with Crippen molar-refractivity contribution in [3.8, 4) is 0 Å². The van der Waals surface area contributed by atoms with E-state index in [9.17, 15) is 0 Å². The maximum Gasteiger partial charge on any atom is 0.0393 e. The van der Waals surface area contributed by atoms with Crippen molar-refractivity contribution >= 4 is 5.69 Å². The summed E-state index contributed by atoms with van der Waals surface area (Å²) >= 11 is 0. The maximum absolute atomic E-state index is 3.47. The van der Waals surface area contributed by atoms with E-state index in [0.29, 0.717) is 6.04 Å². The molecule has 0 aromatic heterocycles. The van der Waals surface area contributed by atoms with Crippen LogP contribution in [-0.2, 0) is 0 Å². The second-order valence-corrected chi connectivity index (χ2v) is 6.23. The van der Waals surface area contributed by atoms with E-state index < -0.39 is 0 Å². The molecule has 1 N–H and O–H groups in total. The molecule has 0 bridgehead atoms. The lowest BCUT2D eigenvalue weighted by Crippen LogP contribution is -2.23. The molecule has 2 heteroatoms. The van der Waals surface area contributed by atoms with Gasteiger partial charge in [-0.25, -0.2) is 0 Å². The van der Waals surface area contributed by atoms with Crippen LogP contribution in [-0.4, -0.2) is 26.2 Å². The molecule has 0 aliphatic carbocycles. The van der Waals surface area contributed by atoms with Gasteiger partial charge in [0.05, 0.1) is 0 Å². The molecular weight excluding hydrogens is 244 g/mol. The van der Waals surface area contributed by atoms with Crippen molar-refractivity contribution in [3.63, 3.8) is 0 Å². The van der Waals surface area contributed by atoms with E-state index in [0.717, 1.165) is 13.1 Å². The van der Waals surface area contributed by atoms with Gasteiger partial charge in [0.15, 0.2) is 0 Å². The monoisotopic (exact) mass is 276 g/mol. The molecular formula is C18H32N2. The van der Waals surface area contributed by atoms with Gasteiger partial charge in [0.1, 0.15) is 0 Å². The fraction of sp³-hybridized carbons (Fsp3) is 0.667. The Labute approximate surface area is 125 Å². The third-order valence-corrected chi connectivity index (χ3v) is 3.74. The van der Waals surface area contributed by atoms with Crippen molar-refractivity contribution < 1.29 is 0 Å². The first-order valence-corrected chi connectivity index (χ1v) is 8.02. The van der Waals surface area contributed by atoms with Crippen LogP contribution in [0.5, 0.6) is 0 Å². The third kappa shape index (κ3) is 6.42. The van der Waals surface area contributed by atoms with Crippen molar-refractivity contribution in [2.75, 3.05) is 25.0 Å². The van der Waals surface area contributed by atoms with E-state index in [2.05, 4.69) is 63.2 Å². The summed E-state index contributed by atoms with van der Waals surface area (Å²) in [5.41, 5.74) is 4.10. The molecule has 0 aliphatic rings. The van der Waals surface area contributed by atoms with Crippen LogP contribution >= 0.6 is 0 Å². The SMILES string of the molecule is Cc1ccc(N(C)CCCCCCNC(C)C)c(C)c1. The molecule has 0 radical (unpaired) electrons. The number of hydrogen-bond acceptors (Lipinski definition) is 2. The lowest BCUT2D eigenvalue weighted by molar-refractivity contribution is 0.542. The van der Waals surface area contributed by atoms with Crippen molar-refractivity contribution in [1.29, 1.82) is 0 Å². The number of rotatable bonds is 9. The normalized spacial score (nSPS) is 11.1. The molecule has 0 fully saturated rings. The van der Waals surface area contributed by atoms with Gasteiger partial charge in [0.2, 0.25) is 0 Å². The van der Waals surface area contributed by atoms with Crippen molar-refractivity contribution in [1.82, 2.24) is 5.32 Å². The standard InChI is InChI=1S/C18H32N2/c1-15(2)19-12-8-6-7-9-13-20(5)18-11-10-16(3)14-17(18)4/h10-11,14-15,19H,6-9,12-13H2,1-5H3. The third-order valence-electron chi connectivity index (χ3n) is 3.74. The molecule has 0 atom stereocenters. The molecule has 0 aliphatic heterocycles. The van der Waals surface area contributed by atoms with E-state index in [1.54, 1.807) is 0 Å². The molecule has 1 aromatic carbocycles. The Morgan fingerprint density at radius 1 is 1.05 bits per heavy atom. The highest BCUT2D eigenvalue weighted by atomic mass is 15.1. The molecule has 2 nitrogen and oxygen atoms in total. The number of unbranched alkanes of at least 4 members (excludes halogenated alkanes) is 3. The summed E-state index contributed by atoms with van der Waals surface area (Å²) in [6.45, 7) is 11.1. The molecule has 0 unspecified atom stereocenters.